The van der Waals surface area contributed by atoms with Gasteiger partial charge in [0.2, 0.25) is 0 Å². The first-order chi connectivity index (χ1) is 12.6. The highest BCUT2D eigenvalue weighted by Crippen LogP contribution is 2.05. The average Bonchev–Trinajstić information content (AvgIpc) is 2.60. The Hall–Kier alpha value is -1.91. The van der Waals surface area contributed by atoms with E-state index in [0.717, 1.165) is 32.1 Å². The van der Waals surface area contributed by atoms with Crippen molar-refractivity contribution in [2.75, 3.05) is 0 Å². The van der Waals surface area contributed by atoms with Crippen LogP contribution in [0.4, 0.5) is 0 Å². The molecule has 146 valence electrons. The number of carboxylic acids is 1. The maximum Gasteiger partial charge on any atom is 0.303 e. The van der Waals surface area contributed by atoms with Crippen molar-refractivity contribution in [3.05, 3.63) is 60.8 Å². The number of aliphatic hydroxyl groups is 2. The molecule has 0 aliphatic heterocycles. The zero-order valence-electron chi connectivity index (χ0n) is 15.8. The summed E-state index contributed by atoms with van der Waals surface area (Å²) in [4.78, 5) is 10.4. The van der Waals surface area contributed by atoms with Crippen LogP contribution in [0.2, 0.25) is 0 Å². The summed E-state index contributed by atoms with van der Waals surface area (Å²) < 4.78 is 0. The van der Waals surface area contributed by atoms with E-state index in [0.29, 0.717) is 12.8 Å². The quantitative estimate of drug-likeness (QED) is 0.224. The van der Waals surface area contributed by atoms with Gasteiger partial charge in [-0.15, -0.1) is 0 Å². The van der Waals surface area contributed by atoms with E-state index in [1.54, 1.807) is 24.3 Å². The second kappa shape index (κ2) is 17.9. The molecule has 4 heteroatoms. The smallest absolute Gasteiger partial charge is 0.303 e. The summed E-state index contributed by atoms with van der Waals surface area (Å²) >= 11 is 0. The van der Waals surface area contributed by atoms with Crippen molar-refractivity contribution in [1.82, 2.24) is 0 Å². The third-order valence-corrected chi connectivity index (χ3v) is 3.59. The van der Waals surface area contributed by atoms with Gasteiger partial charge < -0.3 is 15.3 Å². The molecule has 0 aromatic carbocycles. The highest BCUT2D eigenvalue weighted by atomic mass is 16.4. The van der Waals surface area contributed by atoms with Crippen LogP contribution in [0.3, 0.4) is 0 Å². The van der Waals surface area contributed by atoms with Gasteiger partial charge in [-0.3, -0.25) is 4.79 Å². The Labute approximate surface area is 157 Å². The molecule has 0 radical (unpaired) electrons. The summed E-state index contributed by atoms with van der Waals surface area (Å²) in [5.74, 6) is -0.736. The summed E-state index contributed by atoms with van der Waals surface area (Å²) in [5.41, 5.74) is 0. The molecule has 4 nitrogen and oxygen atoms in total. The second-order valence-electron chi connectivity index (χ2n) is 6.10. The molecule has 0 bridgehead atoms. The number of rotatable bonds is 15. The molecule has 0 aliphatic rings. The summed E-state index contributed by atoms with van der Waals surface area (Å²) in [7, 11) is 0. The van der Waals surface area contributed by atoms with Crippen LogP contribution in [0.15, 0.2) is 60.8 Å². The van der Waals surface area contributed by atoms with E-state index in [1.807, 2.05) is 36.5 Å². The van der Waals surface area contributed by atoms with Gasteiger partial charge >= 0.3 is 5.97 Å². The lowest BCUT2D eigenvalue weighted by atomic mass is 10.1. The fourth-order valence-corrected chi connectivity index (χ4v) is 2.14. The zero-order chi connectivity index (χ0) is 19.5. The van der Waals surface area contributed by atoms with E-state index in [9.17, 15) is 15.0 Å². The summed E-state index contributed by atoms with van der Waals surface area (Å²) in [6.45, 7) is 2.06. The van der Waals surface area contributed by atoms with Gasteiger partial charge in [0.1, 0.15) is 0 Å². The van der Waals surface area contributed by atoms with Gasteiger partial charge in [-0.05, 0) is 38.5 Å². The molecule has 0 aromatic rings. The minimum atomic E-state index is -0.736. The third-order valence-electron chi connectivity index (χ3n) is 3.59. The normalized spacial score (nSPS) is 15.2. The van der Waals surface area contributed by atoms with Crippen LogP contribution in [0.5, 0.6) is 0 Å². The number of carbonyl (C=O) groups is 1. The zero-order valence-corrected chi connectivity index (χ0v) is 15.8. The Balaban J connectivity index is 3.78. The predicted octanol–water partition coefficient (Wildman–Crippen LogP) is 4.71. The molecule has 0 fully saturated rings. The van der Waals surface area contributed by atoms with E-state index in [4.69, 9.17) is 5.11 Å². The van der Waals surface area contributed by atoms with Crippen LogP contribution in [0.1, 0.15) is 58.3 Å². The fourth-order valence-electron chi connectivity index (χ4n) is 2.14. The Morgan fingerprint density at radius 3 is 1.92 bits per heavy atom. The molecule has 0 aromatic heterocycles. The van der Waals surface area contributed by atoms with Gasteiger partial charge in [-0.25, -0.2) is 0 Å². The van der Waals surface area contributed by atoms with Crippen molar-refractivity contribution in [2.24, 2.45) is 0 Å². The number of allylic oxidation sites excluding steroid dienone is 6. The number of carboxylic acid groups (broad SMARTS) is 1. The first kappa shape index (κ1) is 24.1. The van der Waals surface area contributed by atoms with E-state index < -0.39 is 18.2 Å². The van der Waals surface area contributed by atoms with E-state index in [1.165, 1.54) is 0 Å². The Morgan fingerprint density at radius 1 is 0.808 bits per heavy atom. The molecule has 0 amide bonds. The van der Waals surface area contributed by atoms with Crippen LogP contribution in [-0.4, -0.2) is 33.5 Å². The maximum atomic E-state index is 10.4. The Kier molecular flexibility index (Phi) is 16.6. The molecule has 0 heterocycles. The lowest BCUT2D eigenvalue weighted by Gasteiger charge is -2.00. The van der Waals surface area contributed by atoms with Crippen molar-refractivity contribution < 1.29 is 20.1 Å². The van der Waals surface area contributed by atoms with Crippen LogP contribution < -0.4 is 0 Å². The first-order valence-electron chi connectivity index (χ1n) is 9.45. The van der Waals surface area contributed by atoms with Crippen LogP contribution in [-0.2, 0) is 4.79 Å². The third kappa shape index (κ3) is 18.4. The fraction of sp³-hybridized carbons (Fsp3) is 0.500. The Morgan fingerprint density at radius 2 is 1.38 bits per heavy atom. The van der Waals surface area contributed by atoms with Crippen molar-refractivity contribution in [2.45, 2.75) is 70.5 Å². The molecular weight excluding hydrogens is 328 g/mol. The van der Waals surface area contributed by atoms with E-state index in [-0.39, 0.29) is 6.42 Å². The molecule has 0 spiro atoms. The lowest BCUT2D eigenvalue weighted by molar-refractivity contribution is -0.137. The van der Waals surface area contributed by atoms with Crippen molar-refractivity contribution in [3.8, 4) is 0 Å². The highest BCUT2D eigenvalue weighted by Gasteiger charge is 1.96. The van der Waals surface area contributed by atoms with Gasteiger partial charge in [-0.2, -0.15) is 0 Å². The molecule has 0 saturated carbocycles. The molecule has 0 saturated heterocycles. The van der Waals surface area contributed by atoms with Crippen molar-refractivity contribution in [3.63, 3.8) is 0 Å². The van der Waals surface area contributed by atoms with Crippen LogP contribution in [0, 0.1) is 0 Å². The number of hydrogen-bond donors (Lipinski definition) is 3. The molecule has 2 unspecified atom stereocenters. The summed E-state index contributed by atoms with van der Waals surface area (Å²) in [6, 6.07) is 0. The second-order valence-corrected chi connectivity index (χ2v) is 6.10. The van der Waals surface area contributed by atoms with Gasteiger partial charge in [-0.1, -0.05) is 74.1 Å². The van der Waals surface area contributed by atoms with E-state index in [2.05, 4.69) is 6.92 Å². The summed E-state index contributed by atoms with van der Waals surface area (Å²) in [5, 5.41) is 28.0. The maximum absolute atomic E-state index is 10.4. The van der Waals surface area contributed by atoms with Gasteiger partial charge in [0.15, 0.2) is 0 Å². The number of unbranched alkanes of at least 4 members (excludes halogenated alkanes) is 3. The SMILES string of the molecule is CC/C=C\CC(O)/C=C/C=C\C=C/C(O)C/C=C\CCCCCC(=O)O. The summed E-state index contributed by atoms with van der Waals surface area (Å²) in [6.07, 6.45) is 23.6. The topological polar surface area (TPSA) is 77.8 Å². The van der Waals surface area contributed by atoms with Gasteiger partial charge in [0, 0.05) is 6.42 Å². The molecular formula is C22H34O4. The number of aliphatic carboxylic acids is 1. The first-order valence-corrected chi connectivity index (χ1v) is 9.45. The molecule has 2 atom stereocenters. The molecule has 3 N–H and O–H groups in total. The number of aliphatic hydroxyl groups excluding tert-OH is 2. The van der Waals surface area contributed by atoms with Crippen LogP contribution >= 0.6 is 0 Å². The average molecular weight is 363 g/mol. The van der Waals surface area contributed by atoms with E-state index >= 15 is 0 Å². The molecule has 0 rings (SSSR count). The lowest BCUT2D eigenvalue weighted by Crippen LogP contribution is -1.99. The standard InChI is InChI=1S/C22H34O4/c1-2-3-10-15-20(23)17-12-8-9-13-18-21(24)16-11-6-4-5-7-14-19-22(25)26/h3,6,8-13,17-18,20-21,23-24H,2,4-5,7,14-16,19H2,1H3,(H,25,26)/b9-8-,10-3-,11-6-,17-12+,18-13-. The van der Waals surface area contributed by atoms with Crippen LogP contribution in [0.25, 0.3) is 0 Å². The molecule has 0 aliphatic carbocycles. The minimum Gasteiger partial charge on any atom is -0.481 e. The largest absolute Gasteiger partial charge is 0.481 e. The number of hydrogen-bond acceptors (Lipinski definition) is 3. The monoisotopic (exact) mass is 362 g/mol. The Bertz CT molecular complexity index is 486. The van der Waals surface area contributed by atoms with Gasteiger partial charge in [0.25, 0.3) is 0 Å². The van der Waals surface area contributed by atoms with Crippen molar-refractivity contribution >= 4 is 5.97 Å². The predicted molar refractivity (Wildman–Crippen MR) is 108 cm³/mol. The molecule has 26 heavy (non-hydrogen) atoms. The highest BCUT2D eigenvalue weighted by molar-refractivity contribution is 5.66. The van der Waals surface area contributed by atoms with Gasteiger partial charge in [0.05, 0.1) is 12.2 Å². The minimum absolute atomic E-state index is 0.241. The van der Waals surface area contributed by atoms with Crippen molar-refractivity contribution in [1.29, 1.82) is 0 Å².